The Labute approximate surface area is 250 Å². The normalized spacial score (nSPS) is 14.7. The molecule has 5 rings (SSSR count). The van der Waals surface area contributed by atoms with Crippen LogP contribution in [0.5, 0.6) is 23.0 Å². The summed E-state index contributed by atoms with van der Waals surface area (Å²) in [6.07, 6.45) is 0.747. The number of nitrogens with zero attached hydrogens (tertiary/aromatic N) is 1. The summed E-state index contributed by atoms with van der Waals surface area (Å²) >= 11 is 3.40. The molecule has 1 heterocycles. The summed E-state index contributed by atoms with van der Waals surface area (Å²) in [6, 6.07) is 22.9. The van der Waals surface area contributed by atoms with E-state index in [9.17, 15) is 22.7 Å². The van der Waals surface area contributed by atoms with Crippen molar-refractivity contribution >= 4 is 37.7 Å². The lowest BCUT2D eigenvalue weighted by molar-refractivity contribution is -0.0157. The van der Waals surface area contributed by atoms with E-state index in [1.165, 1.54) is 48.5 Å². The largest absolute Gasteiger partial charge is 0.457 e. The molecule has 4 aromatic rings. The van der Waals surface area contributed by atoms with Gasteiger partial charge in [-0.25, -0.2) is 22.7 Å². The van der Waals surface area contributed by atoms with E-state index in [4.69, 9.17) is 14.6 Å². The molecule has 1 fully saturated rings. The van der Waals surface area contributed by atoms with Gasteiger partial charge in [0.15, 0.2) is 0 Å². The molecule has 4 N–H and O–H groups in total. The molecule has 0 atom stereocenters. The smallest absolute Gasteiger partial charge is 0.321 e. The molecule has 0 aliphatic carbocycles. The highest BCUT2D eigenvalue weighted by Crippen LogP contribution is 2.35. The molecule has 4 aromatic carbocycles. The van der Waals surface area contributed by atoms with Gasteiger partial charge in [0.1, 0.15) is 28.8 Å². The second kappa shape index (κ2) is 12.1. The van der Waals surface area contributed by atoms with Gasteiger partial charge >= 0.3 is 6.03 Å². The summed E-state index contributed by atoms with van der Waals surface area (Å²) in [4.78, 5) is 14.8. The van der Waals surface area contributed by atoms with Crippen molar-refractivity contribution in [1.29, 1.82) is 0 Å². The number of sulfonamides is 1. The number of carbonyl (C=O) groups is 1. The minimum Gasteiger partial charge on any atom is -0.457 e. The van der Waals surface area contributed by atoms with Crippen molar-refractivity contribution in [1.82, 2.24) is 4.90 Å². The number of nitrogens with two attached hydrogens (primary N) is 1. The second-order valence-corrected chi connectivity index (χ2v) is 12.3. The highest BCUT2D eigenvalue weighted by Gasteiger charge is 2.35. The zero-order valence-corrected chi connectivity index (χ0v) is 24.6. The third-order valence-corrected chi connectivity index (χ3v) is 8.29. The number of rotatable bonds is 7. The molecule has 2 amide bonds. The summed E-state index contributed by atoms with van der Waals surface area (Å²) < 4.78 is 49.3. The van der Waals surface area contributed by atoms with Crippen LogP contribution in [0.15, 0.2) is 100 Å². The van der Waals surface area contributed by atoms with Crippen LogP contribution in [0.1, 0.15) is 18.4 Å². The van der Waals surface area contributed by atoms with Crippen molar-refractivity contribution in [3.8, 4) is 23.0 Å². The van der Waals surface area contributed by atoms with Crippen molar-refractivity contribution in [3.63, 3.8) is 0 Å². The van der Waals surface area contributed by atoms with Crippen molar-refractivity contribution in [3.05, 3.63) is 107 Å². The topological polar surface area (TPSA) is 131 Å². The molecule has 1 saturated heterocycles. The second-order valence-electron chi connectivity index (χ2n) is 9.82. The Balaban J connectivity index is 1.33. The lowest BCUT2D eigenvalue weighted by atomic mass is 9.84. The standard InChI is InChI=1S/C30H27BrFN3O6S/c31-21-3-1-20(2-4-21)30(37)13-15-35(16-14-30)29(36)34-23-17-26(40-24-7-5-22(32)6-8-24)19-27(18-23)41-25-9-11-28(12-10-25)42(33,38)39/h1-12,17-19,37H,13-16H2,(H,34,36)(H2,33,38,39). The van der Waals surface area contributed by atoms with Gasteiger partial charge in [0.2, 0.25) is 10.0 Å². The molecule has 218 valence electrons. The van der Waals surface area contributed by atoms with E-state index in [-0.39, 0.29) is 16.7 Å². The maximum atomic E-state index is 13.4. The Bertz CT molecular complexity index is 1680. The predicted molar refractivity (Wildman–Crippen MR) is 159 cm³/mol. The fourth-order valence-electron chi connectivity index (χ4n) is 4.56. The number of urea groups is 1. The van der Waals surface area contributed by atoms with Crippen LogP contribution in [-0.2, 0) is 15.6 Å². The first kappa shape index (κ1) is 29.5. The molecule has 0 spiro atoms. The Morgan fingerprint density at radius 3 is 1.90 bits per heavy atom. The van der Waals surface area contributed by atoms with Gasteiger partial charge in [-0.15, -0.1) is 0 Å². The number of ether oxygens (including phenoxy) is 2. The number of hydrogen-bond acceptors (Lipinski definition) is 6. The van der Waals surface area contributed by atoms with E-state index >= 15 is 0 Å². The molecule has 1 aliphatic rings. The minimum atomic E-state index is -3.86. The lowest BCUT2D eigenvalue weighted by Crippen LogP contribution is -2.46. The van der Waals surface area contributed by atoms with E-state index in [1.54, 1.807) is 23.1 Å². The highest BCUT2D eigenvalue weighted by molar-refractivity contribution is 9.10. The first-order chi connectivity index (χ1) is 20.0. The first-order valence-corrected chi connectivity index (χ1v) is 15.2. The quantitative estimate of drug-likeness (QED) is 0.213. The SMILES string of the molecule is NS(=O)(=O)c1ccc(Oc2cc(NC(=O)N3CCC(O)(c4ccc(Br)cc4)CC3)cc(Oc3ccc(F)cc3)c2)cc1. The third-order valence-electron chi connectivity index (χ3n) is 6.83. The number of carbonyl (C=O) groups excluding carboxylic acids is 1. The van der Waals surface area contributed by atoms with Crippen LogP contribution in [0.4, 0.5) is 14.9 Å². The van der Waals surface area contributed by atoms with Crippen molar-refractivity contribution in [2.75, 3.05) is 18.4 Å². The molecule has 42 heavy (non-hydrogen) atoms. The van der Waals surface area contributed by atoms with Gasteiger partial charge < -0.3 is 24.8 Å². The van der Waals surface area contributed by atoms with Crippen LogP contribution in [0, 0.1) is 5.82 Å². The zero-order chi connectivity index (χ0) is 29.9. The highest BCUT2D eigenvalue weighted by atomic mass is 79.9. The summed E-state index contributed by atoms with van der Waals surface area (Å²) in [7, 11) is -3.86. The van der Waals surface area contributed by atoms with Gasteiger partial charge in [0, 0.05) is 41.4 Å². The molecular weight excluding hydrogens is 629 g/mol. The molecule has 0 radical (unpaired) electrons. The molecule has 0 saturated carbocycles. The fourth-order valence-corrected chi connectivity index (χ4v) is 5.34. The van der Waals surface area contributed by atoms with Gasteiger partial charge in [-0.05, 0) is 79.1 Å². The summed E-state index contributed by atoms with van der Waals surface area (Å²) in [5, 5.41) is 19.2. The van der Waals surface area contributed by atoms with Gasteiger partial charge in [0.05, 0.1) is 10.5 Å². The molecule has 12 heteroatoms. The summed E-state index contributed by atoms with van der Waals surface area (Å²) in [5.41, 5.74) is 0.139. The number of primary sulfonamides is 1. The number of piperidine rings is 1. The number of hydrogen-bond donors (Lipinski definition) is 3. The lowest BCUT2D eigenvalue weighted by Gasteiger charge is -2.38. The van der Waals surface area contributed by atoms with Gasteiger partial charge in [-0.3, -0.25) is 0 Å². The summed E-state index contributed by atoms with van der Waals surface area (Å²) in [5.74, 6) is 0.868. The van der Waals surface area contributed by atoms with E-state index in [0.29, 0.717) is 48.9 Å². The molecule has 9 nitrogen and oxygen atoms in total. The minimum absolute atomic E-state index is 0.0650. The van der Waals surface area contributed by atoms with Crippen LogP contribution in [0.3, 0.4) is 0 Å². The summed E-state index contributed by atoms with van der Waals surface area (Å²) in [6.45, 7) is 0.674. The number of aliphatic hydroxyl groups is 1. The Hall–Kier alpha value is -3.97. The van der Waals surface area contributed by atoms with Crippen molar-refractivity contribution in [2.24, 2.45) is 5.14 Å². The van der Waals surface area contributed by atoms with Crippen LogP contribution >= 0.6 is 15.9 Å². The van der Waals surface area contributed by atoms with E-state index in [1.807, 2.05) is 24.3 Å². The Kier molecular flexibility index (Phi) is 8.50. The van der Waals surface area contributed by atoms with Gasteiger partial charge in [0.25, 0.3) is 0 Å². The number of anilines is 1. The van der Waals surface area contributed by atoms with Crippen molar-refractivity contribution in [2.45, 2.75) is 23.3 Å². The zero-order valence-electron chi connectivity index (χ0n) is 22.2. The van der Waals surface area contributed by atoms with E-state index < -0.39 is 21.4 Å². The maximum Gasteiger partial charge on any atom is 0.321 e. The number of nitrogens with one attached hydrogen (secondary N) is 1. The third kappa shape index (κ3) is 7.26. The van der Waals surface area contributed by atoms with Gasteiger partial charge in [-0.1, -0.05) is 28.1 Å². The van der Waals surface area contributed by atoms with Crippen LogP contribution in [0.25, 0.3) is 0 Å². The molecule has 1 aliphatic heterocycles. The van der Waals surface area contributed by atoms with Crippen LogP contribution in [-0.4, -0.2) is 37.5 Å². The first-order valence-electron chi connectivity index (χ1n) is 12.9. The molecular formula is C30H27BrFN3O6S. The number of benzene rings is 4. The van der Waals surface area contributed by atoms with E-state index in [0.717, 1.165) is 10.0 Å². The average molecular weight is 657 g/mol. The number of amides is 2. The van der Waals surface area contributed by atoms with Crippen LogP contribution in [0.2, 0.25) is 0 Å². The number of halogens is 2. The van der Waals surface area contributed by atoms with Crippen molar-refractivity contribution < 1.29 is 32.2 Å². The van der Waals surface area contributed by atoms with Crippen LogP contribution < -0.4 is 19.9 Å². The monoisotopic (exact) mass is 655 g/mol. The fraction of sp³-hybridized carbons (Fsp3) is 0.167. The molecule has 0 aromatic heterocycles. The van der Waals surface area contributed by atoms with E-state index in [2.05, 4.69) is 21.2 Å². The molecule has 0 bridgehead atoms. The molecule has 0 unspecified atom stereocenters. The Morgan fingerprint density at radius 2 is 1.38 bits per heavy atom. The average Bonchev–Trinajstić information content (AvgIpc) is 2.95. The van der Waals surface area contributed by atoms with Gasteiger partial charge in [-0.2, -0.15) is 0 Å². The maximum absolute atomic E-state index is 13.4. The Morgan fingerprint density at radius 1 is 0.857 bits per heavy atom. The number of likely N-dealkylation sites (tertiary alicyclic amines) is 1. The predicted octanol–water partition coefficient (Wildman–Crippen LogP) is 6.34.